The van der Waals surface area contributed by atoms with Crippen molar-refractivity contribution >= 4 is 27.5 Å². The molecule has 20 heavy (non-hydrogen) atoms. The summed E-state index contributed by atoms with van der Waals surface area (Å²) in [6.45, 7) is 0. The van der Waals surface area contributed by atoms with Crippen molar-refractivity contribution in [1.29, 1.82) is 0 Å². The van der Waals surface area contributed by atoms with Crippen LogP contribution in [-0.2, 0) is 0 Å². The highest BCUT2D eigenvalue weighted by Gasteiger charge is 2.19. The fraction of sp³-hybridized carbons (Fsp3) is 0.143. The Bertz CT molecular complexity index is 649. The van der Waals surface area contributed by atoms with Crippen LogP contribution in [-0.4, -0.2) is 7.05 Å². The number of nitrogens with one attached hydrogen (secondary N) is 1. The summed E-state index contributed by atoms with van der Waals surface area (Å²) >= 11 is 9.08. The van der Waals surface area contributed by atoms with Crippen molar-refractivity contribution in [2.24, 2.45) is 0 Å². The molecule has 0 aromatic heterocycles. The summed E-state index contributed by atoms with van der Waals surface area (Å²) in [5.41, 5.74) is 0.662. The Labute approximate surface area is 127 Å². The fourth-order valence-corrected chi connectivity index (χ4v) is 2.44. The van der Waals surface area contributed by atoms with E-state index in [1.807, 2.05) is 0 Å². The maximum absolute atomic E-state index is 14.0. The molecule has 1 N–H and O–H groups in total. The van der Waals surface area contributed by atoms with E-state index < -0.39 is 23.5 Å². The molecule has 0 saturated carbocycles. The van der Waals surface area contributed by atoms with Crippen molar-refractivity contribution < 1.29 is 13.2 Å². The molecular formula is C14H10BrClF3N. The minimum absolute atomic E-state index is 0.256. The second kappa shape index (κ2) is 6.16. The first-order chi connectivity index (χ1) is 9.43. The van der Waals surface area contributed by atoms with Crippen LogP contribution in [0, 0.1) is 17.5 Å². The Hall–Kier alpha value is -1.04. The zero-order valence-corrected chi connectivity index (χ0v) is 12.7. The van der Waals surface area contributed by atoms with E-state index in [0.717, 1.165) is 12.1 Å². The van der Waals surface area contributed by atoms with Gasteiger partial charge in [0.1, 0.15) is 5.82 Å². The molecule has 6 heteroatoms. The Morgan fingerprint density at radius 2 is 1.75 bits per heavy atom. The van der Waals surface area contributed by atoms with Crippen molar-refractivity contribution in [3.8, 4) is 0 Å². The molecule has 2 rings (SSSR count). The van der Waals surface area contributed by atoms with Crippen LogP contribution in [0.3, 0.4) is 0 Å². The van der Waals surface area contributed by atoms with Crippen LogP contribution in [0.4, 0.5) is 13.2 Å². The third-order valence-corrected chi connectivity index (χ3v) is 4.11. The van der Waals surface area contributed by atoms with Gasteiger partial charge in [0.15, 0.2) is 11.6 Å². The van der Waals surface area contributed by atoms with Gasteiger partial charge in [-0.05, 0) is 52.8 Å². The van der Waals surface area contributed by atoms with Crippen LogP contribution >= 0.6 is 27.5 Å². The highest BCUT2D eigenvalue weighted by molar-refractivity contribution is 9.10. The highest BCUT2D eigenvalue weighted by atomic mass is 79.9. The first kappa shape index (κ1) is 15.4. The van der Waals surface area contributed by atoms with Crippen LogP contribution in [0.2, 0.25) is 5.02 Å². The third-order valence-electron chi connectivity index (χ3n) is 2.92. The van der Waals surface area contributed by atoms with Gasteiger partial charge in [0.2, 0.25) is 0 Å². The van der Waals surface area contributed by atoms with Gasteiger partial charge < -0.3 is 5.32 Å². The van der Waals surface area contributed by atoms with Crippen LogP contribution in [0.15, 0.2) is 34.8 Å². The molecule has 0 fully saturated rings. The molecule has 106 valence electrons. The Balaban J connectivity index is 2.52. The van der Waals surface area contributed by atoms with Gasteiger partial charge in [0, 0.05) is 10.0 Å². The second-order valence-electron chi connectivity index (χ2n) is 4.18. The van der Waals surface area contributed by atoms with Gasteiger partial charge in [0.05, 0.1) is 11.1 Å². The van der Waals surface area contributed by atoms with Crippen molar-refractivity contribution in [2.45, 2.75) is 6.04 Å². The quantitative estimate of drug-likeness (QED) is 0.769. The lowest BCUT2D eigenvalue weighted by atomic mass is 9.98. The molecular weight excluding hydrogens is 355 g/mol. The summed E-state index contributed by atoms with van der Waals surface area (Å²) in [7, 11) is 1.60. The number of rotatable bonds is 3. The summed E-state index contributed by atoms with van der Waals surface area (Å²) in [6, 6.07) is 5.50. The molecule has 0 spiro atoms. The summed E-state index contributed by atoms with van der Waals surface area (Å²) in [4.78, 5) is 0. The Morgan fingerprint density at radius 1 is 1.05 bits per heavy atom. The molecule has 0 saturated heterocycles. The average Bonchev–Trinajstić information content (AvgIpc) is 2.40. The number of hydrogen-bond donors (Lipinski definition) is 1. The van der Waals surface area contributed by atoms with Gasteiger partial charge >= 0.3 is 0 Å². The van der Waals surface area contributed by atoms with E-state index in [2.05, 4.69) is 21.2 Å². The van der Waals surface area contributed by atoms with Crippen LogP contribution in [0.25, 0.3) is 0 Å². The summed E-state index contributed by atoms with van der Waals surface area (Å²) in [5, 5.41) is 3.20. The van der Waals surface area contributed by atoms with E-state index in [1.54, 1.807) is 7.05 Å². The van der Waals surface area contributed by atoms with Gasteiger partial charge in [0.25, 0.3) is 0 Å². The number of hydrogen-bond acceptors (Lipinski definition) is 1. The third kappa shape index (κ3) is 3.00. The van der Waals surface area contributed by atoms with Crippen molar-refractivity contribution in [3.63, 3.8) is 0 Å². The van der Waals surface area contributed by atoms with Gasteiger partial charge in [-0.1, -0.05) is 17.7 Å². The maximum Gasteiger partial charge on any atom is 0.159 e. The van der Waals surface area contributed by atoms with E-state index in [9.17, 15) is 13.2 Å². The average molecular weight is 365 g/mol. The first-order valence-electron chi connectivity index (χ1n) is 5.70. The predicted octanol–water partition coefficient (Wildman–Crippen LogP) is 4.83. The molecule has 0 heterocycles. The monoisotopic (exact) mass is 363 g/mol. The van der Waals surface area contributed by atoms with E-state index in [1.165, 1.54) is 18.2 Å². The largest absolute Gasteiger partial charge is 0.309 e. The topological polar surface area (TPSA) is 12.0 Å². The molecule has 2 aromatic carbocycles. The van der Waals surface area contributed by atoms with E-state index >= 15 is 0 Å². The molecule has 2 aromatic rings. The van der Waals surface area contributed by atoms with Crippen LogP contribution < -0.4 is 5.32 Å². The summed E-state index contributed by atoms with van der Waals surface area (Å²) in [6.07, 6.45) is 0. The van der Waals surface area contributed by atoms with Gasteiger partial charge in [-0.2, -0.15) is 0 Å². The molecule has 0 radical (unpaired) electrons. The van der Waals surface area contributed by atoms with Gasteiger partial charge in [-0.15, -0.1) is 0 Å². The van der Waals surface area contributed by atoms with Crippen molar-refractivity contribution in [1.82, 2.24) is 5.32 Å². The zero-order valence-electron chi connectivity index (χ0n) is 10.4. The first-order valence-corrected chi connectivity index (χ1v) is 6.87. The molecule has 0 aliphatic heterocycles. The minimum Gasteiger partial charge on any atom is -0.309 e. The van der Waals surface area contributed by atoms with Crippen LogP contribution in [0.1, 0.15) is 17.2 Å². The molecule has 1 nitrogen and oxygen atoms in total. The molecule has 0 bridgehead atoms. The highest BCUT2D eigenvalue weighted by Crippen LogP contribution is 2.31. The Kier molecular flexibility index (Phi) is 4.73. The molecule has 1 atom stereocenters. The van der Waals surface area contributed by atoms with Crippen molar-refractivity contribution in [3.05, 3.63) is 68.4 Å². The smallest absolute Gasteiger partial charge is 0.159 e. The van der Waals surface area contributed by atoms with Crippen molar-refractivity contribution in [2.75, 3.05) is 7.05 Å². The molecule has 1 unspecified atom stereocenters. The normalized spacial score (nSPS) is 12.5. The standard InChI is InChI=1S/C14H10BrClF3N/c1-20-14(7-2-3-11(17)13(19)4-7)8-5-10(16)9(15)6-12(8)18/h2-6,14,20H,1H3. The molecule has 0 aliphatic rings. The maximum atomic E-state index is 14.0. The lowest BCUT2D eigenvalue weighted by Crippen LogP contribution is -2.19. The SMILES string of the molecule is CNC(c1ccc(F)c(F)c1)c1cc(Cl)c(Br)cc1F. The van der Waals surface area contributed by atoms with E-state index in [-0.39, 0.29) is 5.56 Å². The second-order valence-corrected chi connectivity index (χ2v) is 5.44. The lowest BCUT2D eigenvalue weighted by Gasteiger charge is -2.19. The summed E-state index contributed by atoms with van der Waals surface area (Å²) in [5.74, 6) is -2.42. The minimum atomic E-state index is -0.980. The molecule has 0 amide bonds. The zero-order chi connectivity index (χ0) is 14.9. The van der Waals surface area contributed by atoms with E-state index in [4.69, 9.17) is 11.6 Å². The van der Waals surface area contributed by atoms with Gasteiger partial charge in [-0.3, -0.25) is 0 Å². The number of benzene rings is 2. The van der Waals surface area contributed by atoms with Gasteiger partial charge in [-0.25, -0.2) is 13.2 Å². The van der Waals surface area contributed by atoms with E-state index in [0.29, 0.717) is 15.1 Å². The Morgan fingerprint density at radius 3 is 2.35 bits per heavy atom. The van der Waals surface area contributed by atoms with Crippen LogP contribution in [0.5, 0.6) is 0 Å². The molecule has 0 aliphatic carbocycles. The number of halogens is 5. The summed E-state index contributed by atoms with van der Waals surface area (Å²) < 4.78 is 40.7. The lowest BCUT2D eigenvalue weighted by molar-refractivity contribution is 0.503. The predicted molar refractivity (Wildman–Crippen MR) is 76.4 cm³/mol. The fourth-order valence-electron chi connectivity index (χ4n) is 1.95.